The highest BCUT2D eigenvalue weighted by molar-refractivity contribution is 6.33. The van der Waals surface area contributed by atoms with Crippen LogP contribution in [-0.4, -0.2) is 44.9 Å². The molecule has 2 rings (SSSR count). The Morgan fingerprint density at radius 1 is 1.59 bits per heavy atom. The van der Waals surface area contributed by atoms with Crippen molar-refractivity contribution in [1.29, 1.82) is 0 Å². The number of hydrogen-bond donors (Lipinski definition) is 3. The van der Waals surface area contributed by atoms with Crippen LogP contribution in [0.25, 0.3) is 0 Å². The van der Waals surface area contributed by atoms with Gasteiger partial charge < -0.3 is 25.8 Å². The number of morpholine rings is 1. The van der Waals surface area contributed by atoms with E-state index in [4.69, 9.17) is 26.8 Å². The van der Waals surface area contributed by atoms with Gasteiger partial charge in [0.05, 0.1) is 35.6 Å². The van der Waals surface area contributed by atoms with Crippen LogP contribution in [0.3, 0.4) is 0 Å². The number of nitrogens with two attached hydrogens (primary N) is 1. The first kappa shape index (κ1) is 18.8. The predicted molar refractivity (Wildman–Crippen MR) is 89.2 cm³/mol. The molecule has 8 heteroatoms. The molecule has 1 aromatic carbocycles. The molecule has 0 saturated carbocycles. The van der Waals surface area contributed by atoms with Gasteiger partial charge in [-0.05, 0) is 13.0 Å². The van der Waals surface area contributed by atoms with E-state index in [1.54, 1.807) is 6.07 Å². The zero-order chi connectivity index (χ0) is 15.2. The van der Waals surface area contributed by atoms with Gasteiger partial charge in [-0.15, -0.1) is 12.4 Å². The summed E-state index contributed by atoms with van der Waals surface area (Å²) in [5, 5.41) is 6.37. The number of benzene rings is 1. The van der Waals surface area contributed by atoms with Crippen LogP contribution in [-0.2, 0) is 4.74 Å². The van der Waals surface area contributed by atoms with Gasteiger partial charge in [0.25, 0.3) is 5.91 Å². The maximum Gasteiger partial charge on any atom is 0.255 e. The summed E-state index contributed by atoms with van der Waals surface area (Å²) in [4.78, 5) is 12.3. The van der Waals surface area contributed by atoms with Crippen LogP contribution in [0.15, 0.2) is 12.1 Å². The van der Waals surface area contributed by atoms with Crippen LogP contribution in [0.1, 0.15) is 17.3 Å². The Labute approximate surface area is 141 Å². The van der Waals surface area contributed by atoms with Gasteiger partial charge in [0, 0.05) is 25.7 Å². The Kier molecular flexibility index (Phi) is 7.75. The second-order valence-corrected chi connectivity index (χ2v) is 5.12. The van der Waals surface area contributed by atoms with Gasteiger partial charge in [0.2, 0.25) is 0 Å². The highest BCUT2D eigenvalue weighted by Gasteiger charge is 2.18. The zero-order valence-corrected chi connectivity index (χ0v) is 13.9. The first-order valence-electron chi connectivity index (χ1n) is 6.94. The third kappa shape index (κ3) is 4.91. The monoisotopic (exact) mass is 349 g/mol. The van der Waals surface area contributed by atoms with Crippen molar-refractivity contribution >= 4 is 35.6 Å². The lowest BCUT2D eigenvalue weighted by Gasteiger charge is -2.24. The molecule has 1 saturated heterocycles. The maximum absolute atomic E-state index is 12.3. The van der Waals surface area contributed by atoms with Gasteiger partial charge in [-0.3, -0.25) is 4.79 Å². The molecule has 0 spiro atoms. The summed E-state index contributed by atoms with van der Waals surface area (Å²) in [5.74, 6) is 0.175. The summed E-state index contributed by atoms with van der Waals surface area (Å²) in [5.41, 5.74) is 6.50. The minimum absolute atomic E-state index is 0. The summed E-state index contributed by atoms with van der Waals surface area (Å²) >= 11 is 5.98. The second-order valence-electron chi connectivity index (χ2n) is 4.71. The molecule has 22 heavy (non-hydrogen) atoms. The molecule has 1 aromatic rings. The maximum atomic E-state index is 12.3. The van der Waals surface area contributed by atoms with Crippen LogP contribution in [0.4, 0.5) is 5.69 Å². The Morgan fingerprint density at radius 3 is 3.00 bits per heavy atom. The van der Waals surface area contributed by atoms with E-state index in [0.29, 0.717) is 41.8 Å². The van der Waals surface area contributed by atoms with E-state index in [1.165, 1.54) is 6.07 Å². The number of carbonyl (C=O) groups is 1. The molecule has 1 amide bonds. The summed E-state index contributed by atoms with van der Waals surface area (Å²) in [7, 11) is 0. The van der Waals surface area contributed by atoms with Gasteiger partial charge in [-0.1, -0.05) is 11.6 Å². The average Bonchev–Trinajstić information content (AvgIpc) is 2.49. The molecule has 1 fully saturated rings. The lowest BCUT2D eigenvalue weighted by Crippen LogP contribution is -2.45. The molecule has 0 bridgehead atoms. The summed E-state index contributed by atoms with van der Waals surface area (Å²) in [6.07, 6.45) is -0.0255. The third-order valence-corrected chi connectivity index (χ3v) is 3.47. The van der Waals surface area contributed by atoms with Gasteiger partial charge in [-0.2, -0.15) is 0 Å². The van der Waals surface area contributed by atoms with E-state index in [-0.39, 0.29) is 24.4 Å². The van der Waals surface area contributed by atoms with Crippen molar-refractivity contribution in [2.75, 3.05) is 38.6 Å². The van der Waals surface area contributed by atoms with Crippen LogP contribution in [0.2, 0.25) is 5.02 Å². The quantitative estimate of drug-likeness (QED) is 0.700. The Balaban J connectivity index is 0.00000242. The van der Waals surface area contributed by atoms with Crippen molar-refractivity contribution in [3.05, 3.63) is 22.7 Å². The van der Waals surface area contributed by atoms with E-state index in [0.717, 1.165) is 13.1 Å². The molecular weight excluding hydrogens is 329 g/mol. The van der Waals surface area contributed by atoms with Crippen molar-refractivity contribution in [3.63, 3.8) is 0 Å². The fourth-order valence-electron chi connectivity index (χ4n) is 2.07. The Bertz CT molecular complexity index is 508. The fourth-order valence-corrected chi connectivity index (χ4v) is 2.24. The van der Waals surface area contributed by atoms with E-state index in [1.807, 2.05) is 6.92 Å². The number of rotatable bonds is 5. The molecule has 4 N–H and O–H groups in total. The number of halogens is 2. The molecule has 6 nitrogen and oxygen atoms in total. The molecule has 1 aliphatic rings. The van der Waals surface area contributed by atoms with E-state index >= 15 is 0 Å². The fraction of sp³-hybridized carbons (Fsp3) is 0.500. The van der Waals surface area contributed by atoms with Crippen LogP contribution in [0, 0.1) is 0 Å². The van der Waals surface area contributed by atoms with Crippen LogP contribution < -0.4 is 21.1 Å². The number of carbonyl (C=O) groups excluding carboxylic acids is 1. The third-order valence-electron chi connectivity index (χ3n) is 3.14. The molecule has 124 valence electrons. The largest absolute Gasteiger partial charge is 0.493 e. The first-order chi connectivity index (χ1) is 10.1. The van der Waals surface area contributed by atoms with Crippen LogP contribution in [0.5, 0.6) is 5.75 Å². The van der Waals surface area contributed by atoms with E-state index in [2.05, 4.69) is 10.6 Å². The van der Waals surface area contributed by atoms with Gasteiger partial charge in [0.15, 0.2) is 0 Å². The van der Waals surface area contributed by atoms with Crippen molar-refractivity contribution in [2.45, 2.75) is 13.0 Å². The molecule has 0 radical (unpaired) electrons. The molecule has 1 heterocycles. The minimum Gasteiger partial charge on any atom is -0.493 e. The SMILES string of the molecule is CCOc1cc(N)c(Cl)cc1C(=O)NCC1CNCCO1.Cl. The molecule has 1 atom stereocenters. The van der Waals surface area contributed by atoms with Crippen molar-refractivity contribution in [2.24, 2.45) is 0 Å². The second kappa shape index (κ2) is 9.05. The normalized spacial score (nSPS) is 17.5. The highest BCUT2D eigenvalue weighted by atomic mass is 35.5. The van der Waals surface area contributed by atoms with Gasteiger partial charge >= 0.3 is 0 Å². The minimum atomic E-state index is -0.255. The first-order valence-corrected chi connectivity index (χ1v) is 7.32. The van der Waals surface area contributed by atoms with Gasteiger partial charge in [0.1, 0.15) is 5.75 Å². The number of ether oxygens (including phenoxy) is 2. The lowest BCUT2D eigenvalue weighted by atomic mass is 10.1. The Hall–Kier alpha value is -1.21. The number of anilines is 1. The topological polar surface area (TPSA) is 85.6 Å². The summed E-state index contributed by atoms with van der Waals surface area (Å²) in [6, 6.07) is 3.09. The number of amides is 1. The number of nitrogens with one attached hydrogen (secondary N) is 2. The van der Waals surface area contributed by atoms with E-state index < -0.39 is 0 Å². The molecule has 0 aliphatic carbocycles. The zero-order valence-electron chi connectivity index (χ0n) is 12.4. The highest BCUT2D eigenvalue weighted by Crippen LogP contribution is 2.29. The molecule has 1 aliphatic heterocycles. The molecular formula is C14H21Cl2N3O3. The van der Waals surface area contributed by atoms with Crippen molar-refractivity contribution < 1.29 is 14.3 Å². The molecule has 0 aromatic heterocycles. The summed E-state index contributed by atoms with van der Waals surface area (Å²) in [6.45, 7) is 4.93. The van der Waals surface area contributed by atoms with Crippen molar-refractivity contribution in [1.82, 2.24) is 10.6 Å². The molecule has 1 unspecified atom stereocenters. The lowest BCUT2D eigenvalue weighted by molar-refractivity contribution is 0.0287. The number of nitrogen functional groups attached to an aromatic ring is 1. The average molecular weight is 350 g/mol. The van der Waals surface area contributed by atoms with Gasteiger partial charge in [-0.25, -0.2) is 0 Å². The standard InChI is InChI=1S/C14H20ClN3O3.ClH/c1-2-20-13-6-12(16)11(15)5-10(13)14(19)18-8-9-7-17-3-4-21-9;/h5-6,9,17H,2-4,7-8,16H2,1H3,(H,18,19);1H. The Morgan fingerprint density at radius 2 is 2.36 bits per heavy atom. The van der Waals surface area contributed by atoms with Crippen molar-refractivity contribution in [3.8, 4) is 5.75 Å². The van der Waals surface area contributed by atoms with E-state index in [9.17, 15) is 4.79 Å². The smallest absolute Gasteiger partial charge is 0.255 e. The predicted octanol–water partition coefficient (Wildman–Crippen LogP) is 1.46. The summed E-state index contributed by atoms with van der Waals surface area (Å²) < 4.78 is 11.0. The number of hydrogen-bond acceptors (Lipinski definition) is 5. The van der Waals surface area contributed by atoms with Crippen LogP contribution >= 0.6 is 24.0 Å².